The number of aromatic nitrogens is 2. The van der Waals surface area contributed by atoms with Crippen molar-refractivity contribution in [2.45, 2.75) is 25.7 Å². The molecule has 0 radical (unpaired) electrons. The van der Waals surface area contributed by atoms with Gasteiger partial charge in [-0.1, -0.05) is 6.07 Å². The summed E-state index contributed by atoms with van der Waals surface area (Å²) in [6.07, 6.45) is 5.45. The molecule has 0 aromatic carbocycles. The minimum absolute atomic E-state index is 0.0924. The van der Waals surface area contributed by atoms with E-state index in [1.165, 1.54) is 0 Å². The van der Waals surface area contributed by atoms with Gasteiger partial charge in [-0.05, 0) is 44.0 Å². The molecule has 2 aromatic rings. The lowest BCUT2D eigenvalue weighted by atomic mass is 9.93. The summed E-state index contributed by atoms with van der Waals surface area (Å²) in [5.41, 5.74) is 2.84. The number of aryl methyl sites for hydroxylation is 1. The van der Waals surface area contributed by atoms with Gasteiger partial charge in [0.05, 0.1) is 0 Å². The number of nitrogens with zero attached hydrogens (tertiary/aromatic N) is 3. The molecule has 1 aliphatic heterocycles. The maximum atomic E-state index is 12.5. The molecule has 2 aromatic heterocycles. The second kappa shape index (κ2) is 6.04. The van der Waals surface area contributed by atoms with Crippen LogP contribution >= 0.6 is 0 Å². The minimum atomic E-state index is 0.0924. The van der Waals surface area contributed by atoms with Crippen molar-refractivity contribution in [3.05, 3.63) is 59.7 Å². The molecule has 4 nitrogen and oxygen atoms in total. The van der Waals surface area contributed by atoms with E-state index in [0.717, 1.165) is 37.3 Å². The fraction of sp³-hybridized carbons (Fsp3) is 0.353. The Balaban J connectivity index is 1.75. The highest BCUT2D eigenvalue weighted by molar-refractivity contribution is 5.94. The summed E-state index contributed by atoms with van der Waals surface area (Å²) in [7, 11) is 0. The van der Waals surface area contributed by atoms with Gasteiger partial charge >= 0.3 is 0 Å². The molecule has 3 heterocycles. The molecular weight excluding hydrogens is 262 g/mol. The fourth-order valence-electron chi connectivity index (χ4n) is 2.87. The van der Waals surface area contributed by atoms with E-state index in [1.54, 1.807) is 24.5 Å². The van der Waals surface area contributed by atoms with Gasteiger partial charge in [0.2, 0.25) is 0 Å². The topological polar surface area (TPSA) is 46.1 Å². The maximum Gasteiger partial charge on any atom is 0.253 e. The summed E-state index contributed by atoms with van der Waals surface area (Å²) in [6, 6.07) is 9.67. The first-order valence-corrected chi connectivity index (χ1v) is 7.37. The Kier molecular flexibility index (Phi) is 3.95. The standard InChI is InChI=1S/C17H19N3O/c1-13-4-2-6-16(19-13)15-5-3-11-20(12-15)17(21)14-7-9-18-10-8-14/h2,4,6-10,15H,3,5,11-12H2,1H3/t15-/m0/s1. The smallest absolute Gasteiger partial charge is 0.253 e. The Morgan fingerprint density at radius 3 is 2.81 bits per heavy atom. The highest BCUT2D eigenvalue weighted by Gasteiger charge is 2.26. The van der Waals surface area contributed by atoms with Crippen LogP contribution in [0.5, 0.6) is 0 Å². The molecule has 0 bridgehead atoms. The van der Waals surface area contributed by atoms with Crippen LogP contribution < -0.4 is 0 Å². The van der Waals surface area contributed by atoms with Crippen molar-refractivity contribution < 1.29 is 4.79 Å². The fourth-order valence-corrected chi connectivity index (χ4v) is 2.87. The van der Waals surface area contributed by atoms with Gasteiger partial charge in [-0.15, -0.1) is 0 Å². The van der Waals surface area contributed by atoms with Gasteiger partial charge in [0.1, 0.15) is 0 Å². The number of hydrogen-bond donors (Lipinski definition) is 0. The van der Waals surface area contributed by atoms with Crippen molar-refractivity contribution in [3.8, 4) is 0 Å². The van der Waals surface area contributed by atoms with Crippen LogP contribution in [0.3, 0.4) is 0 Å². The normalized spacial score (nSPS) is 18.5. The predicted octanol–water partition coefficient (Wildman–Crippen LogP) is 2.80. The Morgan fingerprint density at radius 1 is 1.24 bits per heavy atom. The third kappa shape index (κ3) is 3.10. The quantitative estimate of drug-likeness (QED) is 0.850. The summed E-state index contributed by atoms with van der Waals surface area (Å²) in [5.74, 6) is 0.430. The van der Waals surface area contributed by atoms with Crippen molar-refractivity contribution in [1.29, 1.82) is 0 Å². The first kappa shape index (κ1) is 13.7. The number of carbonyl (C=O) groups excluding carboxylic acids is 1. The number of amides is 1. The van der Waals surface area contributed by atoms with Gasteiger partial charge < -0.3 is 4.90 Å². The monoisotopic (exact) mass is 281 g/mol. The molecular formula is C17H19N3O. The molecule has 3 rings (SSSR count). The SMILES string of the molecule is Cc1cccc([C@H]2CCCN(C(=O)c3ccncc3)C2)n1. The lowest BCUT2D eigenvalue weighted by Crippen LogP contribution is -2.39. The van der Waals surface area contributed by atoms with Gasteiger partial charge in [-0.3, -0.25) is 14.8 Å². The van der Waals surface area contributed by atoms with Crippen LogP contribution in [0.25, 0.3) is 0 Å². The number of carbonyl (C=O) groups is 1. The number of piperidine rings is 1. The third-order valence-electron chi connectivity index (χ3n) is 3.96. The maximum absolute atomic E-state index is 12.5. The lowest BCUT2D eigenvalue weighted by Gasteiger charge is -2.32. The zero-order valence-corrected chi connectivity index (χ0v) is 12.2. The van der Waals surface area contributed by atoms with Gasteiger partial charge in [0, 0.05) is 48.4 Å². The lowest BCUT2D eigenvalue weighted by molar-refractivity contribution is 0.0706. The number of hydrogen-bond acceptors (Lipinski definition) is 3. The van der Waals surface area contributed by atoms with Crippen molar-refractivity contribution >= 4 is 5.91 Å². The van der Waals surface area contributed by atoms with Crippen LogP contribution in [0, 0.1) is 6.92 Å². The highest BCUT2D eigenvalue weighted by atomic mass is 16.2. The second-order valence-electron chi connectivity index (χ2n) is 5.53. The molecule has 4 heteroatoms. The number of pyridine rings is 2. The van der Waals surface area contributed by atoms with Gasteiger partial charge in [0.15, 0.2) is 0 Å². The zero-order chi connectivity index (χ0) is 14.7. The first-order chi connectivity index (χ1) is 10.2. The summed E-state index contributed by atoms with van der Waals surface area (Å²) in [6.45, 7) is 3.58. The van der Waals surface area contributed by atoms with E-state index < -0.39 is 0 Å². The van der Waals surface area contributed by atoms with Gasteiger partial charge in [-0.25, -0.2) is 0 Å². The largest absolute Gasteiger partial charge is 0.338 e. The van der Waals surface area contributed by atoms with Crippen molar-refractivity contribution in [2.75, 3.05) is 13.1 Å². The zero-order valence-electron chi connectivity index (χ0n) is 12.2. The molecule has 108 valence electrons. The summed E-state index contributed by atoms with van der Waals surface area (Å²) < 4.78 is 0. The third-order valence-corrected chi connectivity index (χ3v) is 3.96. The molecule has 1 aliphatic rings. The number of rotatable bonds is 2. The summed E-state index contributed by atoms with van der Waals surface area (Å²) >= 11 is 0. The minimum Gasteiger partial charge on any atom is -0.338 e. The molecule has 1 fully saturated rings. The summed E-state index contributed by atoms with van der Waals surface area (Å²) in [4.78, 5) is 23.0. The van der Waals surface area contributed by atoms with Crippen LogP contribution in [0.15, 0.2) is 42.7 Å². The van der Waals surface area contributed by atoms with Crippen molar-refractivity contribution in [1.82, 2.24) is 14.9 Å². The average molecular weight is 281 g/mol. The molecule has 21 heavy (non-hydrogen) atoms. The van der Waals surface area contributed by atoms with Gasteiger partial charge in [-0.2, -0.15) is 0 Å². The van der Waals surface area contributed by atoms with Crippen LogP contribution in [-0.4, -0.2) is 33.9 Å². The Hall–Kier alpha value is -2.23. The van der Waals surface area contributed by atoms with Gasteiger partial charge in [0.25, 0.3) is 5.91 Å². The van der Waals surface area contributed by atoms with E-state index in [2.05, 4.69) is 16.0 Å². The van der Waals surface area contributed by atoms with E-state index in [0.29, 0.717) is 11.5 Å². The van der Waals surface area contributed by atoms with Crippen molar-refractivity contribution in [2.24, 2.45) is 0 Å². The molecule has 0 unspecified atom stereocenters. The Morgan fingerprint density at radius 2 is 2.05 bits per heavy atom. The average Bonchev–Trinajstić information content (AvgIpc) is 2.55. The van der Waals surface area contributed by atoms with E-state index in [-0.39, 0.29) is 5.91 Å². The molecule has 0 N–H and O–H groups in total. The second-order valence-corrected chi connectivity index (χ2v) is 5.53. The Bertz CT molecular complexity index is 627. The Labute approximate surface area is 124 Å². The number of likely N-dealkylation sites (tertiary alicyclic amines) is 1. The van der Waals surface area contributed by atoms with E-state index >= 15 is 0 Å². The van der Waals surface area contributed by atoms with E-state index in [9.17, 15) is 4.79 Å². The predicted molar refractivity (Wildman–Crippen MR) is 81.1 cm³/mol. The molecule has 1 atom stereocenters. The molecule has 1 amide bonds. The van der Waals surface area contributed by atoms with E-state index in [1.807, 2.05) is 24.0 Å². The van der Waals surface area contributed by atoms with Crippen molar-refractivity contribution in [3.63, 3.8) is 0 Å². The summed E-state index contributed by atoms with van der Waals surface area (Å²) in [5, 5.41) is 0. The molecule has 0 saturated carbocycles. The molecule has 0 aliphatic carbocycles. The first-order valence-electron chi connectivity index (χ1n) is 7.37. The molecule has 0 spiro atoms. The van der Waals surface area contributed by atoms with Crippen LogP contribution in [0.2, 0.25) is 0 Å². The molecule has 1 saturated heterocycles. The highest BCUT2D eigenvalue weighted by Crippen LogP contribution is 2.26. The van der Waals surface area contributed by atoms with Crippen LogP contribution in [0.4, 0.5) is 0 Å². The van der Waals surface area contributed by atoms with Crippen LogP contribution in [0.1, 0.15) is 40.5 Å². The van der Waals surface area contributed by atoms with Crippen LogP contribution in [-0.2, 0) is 0 Å². The van der Waals surface area contributed by atoms with E-state index in [4.69, 9.17) is 0 Å².